The van der Waals surface area contributed by atoms with E-state index in [1.54, 1.807) is 34.6 Å². The third kappa shape index (κ3) is 10.6. The molecule has 0 saturated heterocycles. The number of aliphatic hydroxyl groups excluding tert-OH is 1. The minimum absolute atomic E-state index is 0.0532. The summed E-state index contributed by atoms with van der Waals surface area (Å²) in [6, 6.07) is 17.4. The van der Waals surface area contributed by atoms with E-state index in [2.05, 4.69) is 10.6 Å². The van der Waals surface area contributed by atoms with Crippen LogP contribution in [0.3, 0.4) is 0 Å². The molecule has 202 valence electrons. The van der Waals surface area contributed by atoms with Gasteiger partial charge in [-0.2, -0.15) is 0 Å². The molecule has 8 nitrogen and oxygen atoms in total. The van der Waals surface area contributed by atoms with Crippen molar-refractivity contribution in [2.75, 3.05) is 0 Å². The molecule has 2 aromatic carbocycles. The van der Waals surface area contributed by atoms with E-state index in [1.165, 1.54) is 0 Å². The lowest BCUT2D eigenvalue weighted by Gasteiger charge is -2.30. The number of hydrogen-bond donors (Lipinski definition) is 4. The number of rotatable bonds is 12. The Bertz CT molecular complexity index is 1010. The average molecular weight is 512 g/mol. The van der Waals surface area contributed by atoms with Crippen LogP contribution in [-0.4, -0.2) is 46.8 Å². The fraction of sp³-hybridized carbons (Fsp3) is 0.483. The molecule has 2 rings (SSSR count). The quantitative estimate of drug-likeness (QED) is 0.347. The lowest BCUT2D eigenvalue weighted by atomic mass is 9.88. The maximum atomic E-state index is 13.4. The van der Waals surface area contributed by atoms with Gasteiger partial charge >= 0.3 is 6.09 Å². The van der Waals surface area contributed by atoms with E-state index in [0.29, 0.717) is 12.8 Å². The summed E-state index contributed by atoms with van der Waals surface area (Å²) in [7, 11) is 0. The lowest BCUT2D eigenvalue weighted by molar-refractivity contribution is -0.131. The third-order valence-corrected chi connectivity index (χ3v) is 5.96. The maximum Gasteiger partial charge on any atom is 0.407 e. The van der Waals surface area contributed by atoms with E-state index in [4.69, 9.17) is 10.5 Å². The number of nitrogens with one attached hydrogen (secondary N) is 2. The van der Waals surface area contributed by atoms with Crippen molar-refractivity contribution in [2.24, 2.45) is 17.6 Å². The predicted octanol–water partition coefficient (Wildman–Crippen LogP) is 3.36. The van der Waals surface area contributed by atoms with Crippen LogP contribution in [0.25, 0.3) is 0 Å². The fourth-order valence-corrected chi connectivity index (χ4v) is 4.09. The molecule has 0 heterocycles. The van der Waals surface area contributed by atoms with Crippen LogP contribution in [0.4, 0.5) is 4.79 Å². The van der Waals surface area contributed by atoms with Gasteiger partial charge in [-0.1, -0.05) is 74.5 Å². The third-order valence-electron chi connectivity index (χ3n) is 5.96. The number of nitrogens with two attached hydrogens (primary N) is 1. The molecule has 37 heavy (non-hydrogen) atoms. The van der Waals surface area contributed by atoms with Gasteiger partial charge in [0.05, 0.1) is 12.1 Å². The molecule has 0 aliphatic heterocycles. The normalized spacial score (nSPS) is 14.8. The molecule has 0 saturated carbocycles. The highest BCUT2D eigenvalue weighted by Gasteiger charge is 2.32. The number of carbonyl (C=O) groups is 3. The predicted molar refractivity (Wildman–Crippen MR) is 144 cm³/mol. The van der Waals surface area contributed by atoms with Crippen LogP contribution in [-0.2, 0) is 27.2 Å². The molecule has 0 fully saturated rings. The Labute approximate surface area is 220 Å². The largest absolute Gasteiger partial charge is 0.444 e. The van der Waals surface area contributed by atoms with Crippen LogP contribution in [0.1, 0.15) is 52.2 Å². The zero-order chi connectivity index (χ0) is 27.6. The van der Waals surface area contributed by atoms with Crippen LogP contribution in [0, 0.1) is 11.8 Å². The van der Waals surface area contributed by atoms with Crippen molar-refractivity contribution in [1.29, 1.82) is 0 Å². The van der Waals surface area contributed by atoms with Gasteiger partial charge in [0.1, 0.15) is 11.6 Å². The number of alkyl carbamates (subject to hydrolysis) is 1. The smallest absolute Gasteiger partial charge is 0.407 e. The standard InChI is InChI=1S/C29H41N3O5/c1-19(2)25(26(30)34)32-27(35)22(16-20-12-8-6-9-13-20)18-24(33)23(17-21-14-10-7-11-15-21)31-28(36)37-29(3,4)5/h6-15,19,22-25,33H,16-18H2,1-5H3,(H2,30,34)(H,31,36)(H,32,35)/t22-,23-,24-,25-/m0/s1. The van der Waals surface area contributed by atoms with Crippen molar-refractivity contribution in [1.82, 2.24) is 10.6 Å². The molecular weight excluding hydrogens is 470 g/mol. The minimum Gasteiger partial charge on any atom is -0.444 e. The van der Waals surface area contributed by atoms with Crippen molar-refractivity contribution < 1.29 is 24.2 Å². The maximum absolute atomic E-state index is 13.4. The lowest BCUT2D eigenvalue weighted by Crippen LogP contribution is -2.51. The second-order valence-corrected chi connectivity index (χ2v) is 10.8. The first-order valence-corrected chi connectivity index (χ1v) is 12.7. The van der Waals surface area contributed by atoms with E-state index in [0.717, 1.165) is 11.1 Å². The number of hydrogen-bond acceptors (Lipinski definition) is 5. The molecule has 0 bridgehead atoms. The highest BCUT2D eigenvalue weighted by atomic mass is 16.6. The highest BCUT2D eigenvalue weighted by molar-refractivity contribution is 5.87. The summed E-state index contributed by atoms with van der Waals surface area (Å²) in [6.07, 6.45) is -0.977. The number of aliphatic hydroxyl groups is 1. The molecule has 2 aromatic rings. The van der Waals surface area contributed by atoms with Gasteiger partial charge in [0.2, 0.25) is 11.8 Å². The minimum atomic E-state index is -1.07. The van der Waals surface area contributed by atoms with Gasteiger partial charge in [-0.3, -0.25) is 9.59 Å². The SMILES string of the molecule is CC(C)[C@H](NC(=O)[C@@H](Cc1ccccc1)C[C@H](O)[C@H](Cc1ccccc1)NC(=O)OC(C)(C)C)C(N)=O. The fourth-order valence-electron chi connectivity index (χ4n) is 4.09. The number of carbonyl (C=O) groups excluding carboxylic acids is 3. The van der Waals surface area contributed by atoms with Crippen LogP contribution in [0.15, 0.2) is 60.7 Å². The molecule has 4 atom stereocenters. The number of primary amides is 1. The summed E-state index contributed by atoms with van der Waals surface area (Å²) >= 11 is 0. The molecule has 0 spiro atoms. The molecule has 0 unspecified atom stereocenters. The van der Waals surface area contributed by atoms with E-state index < -0.39 is 41.7 Å². The van der Waals surface area contributed by atoms with Crippen molar-refractivity contribution in [3.63, 3.8) is 0 Å². The van der Waals surface area contributed by atoms with Crippen molar-refractivity contribution in [2.45, 2.75) is 77.7 Å². The first-order chi connectivity index (χ1) is 17.4. The highest BCUT2D eigenvalue weighted by Crippen LogP contribution is 2.20. The van der Waals surface area contributed by atoms with E-state index in [1.807, 2.05) is 60.7 Å². The van der Waals surface area contributed by atoms with Gasteiger partial charge in [0, 0.05) is 5.92 Å². The number of benzene rings is 2. The first kappa shape index (κ1) is 29.8. The van der Waals surface area contributed by atoms with Gasteiger partial charge in [-0.05, 0) is 57.1 Å². The van der Waals surface area contributed by atoms with E-state index in [9.17, 15) is 19.5 Å². The summed E-state index contributed by atoms with van der Waals surface area (Å²) in [6.45, 7) is 8.90. The van der Waals surface area contributed by atoms with Gasteiger partial charge in [-0.15, -0.1) is 0 Å². The van der Waals surface area contributed by atoms with Crippen molar-refractivity contribution in [3.8, 4) is 0 Å². The number of ether oxygens (including phenoxy) is 1. The Kier molecular flexibility index (Phi) is 11.1. The summed E-state index contributed by atoms with van der Waals surface area (Å²) in [5.41, 5.74) is 6.64. The van der Waals surface area contributed by atoms with Crippen LogP contribution in [0.2, 0.25) is 0 Å². The number of amides is 3. The Balaban J connectivity index is 2.28. The molecular formula is C29H41N3O5. The summed E-state index contributed by atoms with van der Waals surface area (Å²) in [5, 5.41) is 16.9. The monoisotopic (exact) mass is 511 g/mol. The second kappa shape index (κ2) is 13.8. The second-order valence-electron chi connectivity index (χ2n) is 10.8. The van der Waals surface area contributed by atoms with E-state index in [-0.39, 0.29) is 18.2 Å². The molecule has 5 N–H and O–H groups in total. The summed E-state index contributed by atoms with van der Waals surface area (Å²) in [5.74, 6) is -1.85. The van der Waals surface area contributed by atoms with Crippen LogP contribution < -0.4 is 16.4 Å². The summed E-state index contributed by atoms with van der Waals surface area (Å²) in [4.78, 5) is 37.9. The molecule has 8 heteroatoms. The van der Waals surface area contributed by atoms with Gasteiger partial charge in [0.25, 0.3) is 0 Å². The molecule has 0 radical (unpaired) electrons. The topological polar surface area (TPSA) is 131 Å². The zero-order valence-electron chi connectivity index (χ0n) is 22.4. The average Bonchev–Trinajstić information content (AvgIpc) is 2.81. The Morgan fingerprint density at radius 1 is 0.892 bits per heavy atom. The van der Waals surface area contributed by atoms with Gasteiger partial charge in [0.15, 0.2) is 0 Å². The Morgan fingerprint density at radius 3 is 1.86 bits per heavy atom. The molecule has 0 aromatic heterocycles. The zero-order valence-corrected chi connectivity index (χ0v) is 22.4. The van der Waals surface area contributed by atoms with Gasteiger partial charge in [-0.25, -0.2) is 4.79 Å². The van der Waals surface area contributed by atoms with E-state index >= 15 is 0 Å². The van der Waals surface area contributed by atoms with Gasteiger partial charge < -0.3 is 26.2 Å². The van der Waals surface area contributed by atoms with Crippen molar-refractivity contribution in [3.05, 3.63) is 71.8 Å². The van der Waals surface area contributed by atoms with Crippen LogP contribution >= 0.6 is 0 Å². The summed E-state index contributed by atoms with van der Waals surface area (Å²) < 4.78 is 5.42. The molecule has 0 aliphatic carbocycles. The van der Waals surface area contributed by atoms with Crippen LogP contribution in [0.5, 0.6) is 0 Å². The first-order valence-electron chi connectivity index (χ1n) is 12.7. The molecule has 3 amide bonds. The van der Waals surface area contributed by atoms with Crippen molar-refractivity contribution >= 4 is 17.9 Å². The molecule has 0 aliphatic rings. The Hall–Kier alpha value is -3.39. The Morgan fingerprint density at radius 2 is 1.41 bits per heavy atom.